The van der Waals surface area contributed by atoms with Gasteiger partial charge in [-0.1, -0.05) is 98.1 Å². The smallest absolute Gasteiger partial charge is 0.346 e. The van der Waals surface area contributed by atoms with Crippen LogP contribution in [-0.4, -0.2) is 67.1 Å². The molecule has 232 valence electrons. The van der Waals surface area contributed by atoms with E-state index >= 15 is 0 Å². The largest absolute Gasteiger partial charge is 0.405 e. The molecule has 6 rings (SSSR count). The van der Waals surface area contributed by atoms with Crippen molar-refractivity contribution in [2.75, 3.05) is 39.3 Å². The van der Waals surface area contributed by atoms with E-state index in [0.717, 1.165) is 79.6 Å². The van der Waals surface area contributed by atoms with Gasteiger partial charge in [0.05, 0.1) is 5.41 Å². The summed E-state index contributed by atoms with van der Waals surface area (Å²) in [4.78, 5) is 32.0. The number of nitrogens with zero attached hydrogens (tertiary/aromatic N) is 2. The lowest BCUT2D eigenvalue weighted by atomic mass is 9.73. The maximum atomic E-state index is 13.9. The Kier molecular flexibility index (Phi) is 8.55. The van der Waals surface area contributed by atoms with Gasteiger partial charge in [-0.2, -0.15) is 13.2 Å². The second-order valence-corrected chi connectivity index (χ2v) is 12.5. The van der Waals surface area contributed by atoms with Gasteiger partial charge >= 0.3 is 6.18 Å². The molecule has 1 heterocycles. The summed E-state index contributed by atoms with van der Waals surface area (Å²) in [6, 6.07) is 25.4. The Hall–Kier alpha value is -3.65. The van der Waals surface area contributed by atoms with Gasteiger partial charge in [0.2, 0.25) is 11.8 Å². The monoisotopic (exact) mass is 603 g/mol. The third-order valence-electron chi connectivity index (χ3n) is 10.0. The number of rotatable bonds is 9. The molecule has 0 atom stereocenters. The van der Waals surface area contributed by atoms with Gasteiger partial charge in [0.15, 0.2) is 0 Å². The van der Waals surface area contributed by atoms with E-state index in [2.05, 4.69) is 22.3 Å². The number of fused-ring (bicyclic) bond motifs is 3. The molecule has 5 nitrogen and oxygen atoms in total. The molecule has 1 saturated carbocycles. The quantitative estimate of drug-likeness (QED) is 0.286. The highest BCUT2D eigenvalue weighted by Gasteiger charge is 2.49. The van der Waals surface area contributed by atoms with Crippen LogP contribution in [0.5, 0.6) is 0 Å². The van der Waals surface area contributed by atoms with Crippen LogP contribution in [0.2, 0.25) is 0 Å². The summed E-state index contributed by atoms with van der Waals surface area (Å²) in [6.07, 6.45) is 1.37. The van der Waals surface area contributed by atoms with Crippen molar-refractivity contribution in [3.05, 3.63) is 95.6 Å². The highest BCUT2D eigenvalue weighted by Crippen LogP contribution is 2.51. The molecule has 0 unspecified atom stereocenters. The first kappa shape index (κ1) is 30.4. The SMILES string of the molecule is O=C(N1CCN(CCCCC2(C(=O)NCC(F)(F)F)c3ccccc3-c3ccccc32)CC1)C1(c2ccccc2)CCCC1. The first-order valence-corrected chi connectivity index (χ1v) is 15.9. The number of hydrogen-bond acceptors (Lipinski definition) is 3. The van der Waals surface area contributed by atoms with Crippen molar-refractivity contribution in [3.63, 3.8) is 0 Å². The van der Waals surface area contributed by atoms with Gasteiger partial charge < -0.3 is 10.2 Å². The number of unbranched alkanes of at least 4 members (excludes halogenated alkanes) is 1. The minimum absolute atomic E-state index is 0.256. The number of piperazine rings is 1. The molecule has 44 heavy (non-hydrogen) atoms. The van der Waals surface area contributed by atoms with Crippen LogP contribution in [0.1, 0.15) is 61.6 Å². The second kappa shape index (κ2) is 12.4. The van der Waals surface area contributed by atoms with E-state index in [9.17, 15) is 22.8 Å². The summed E-state index contributed by atoms with van der Waals surface area (Å²) >= 11 is 0. The minimum Gasteiger partial charge on any atom is -0.346 e. The first-order valence-electron chi connectivity index (χ1n) is 15.9. The number of nitrogens with one attached hydrogen (secondary N) is 1. The zero-order valence-electron chi connectivity index (χ0n) is 25.0. The van der Waals surface area contributed by atoms with Gasteiger partial charge in [-0.3, -0.25) is 14.5 Å². The summed E-state index contributed by atoms with van der Waals surface area (Å²) in [5.74, 6) is -0.343. The molecule has 0 aromatic heterocycles. The van der Waals surface area contributed by atoms with E-state index in [-0.39, 0.29) is 5.91 Å². The Morgan fingerprint density at radius 1 is 0.750 bits per heavy atom. The molecule has 3 aromatic rings. The van der Waals surface area contributed by atoms with Crippen molar-refractivity contribution < 1.29 is 22.8 Å². The lowest BCUT2D eigenvalue weighted by Gasteiger charge is -2.40. The van der Waals surface area contributed by atoms with E-state index in [1.54, 1.807) is 0 Å². The van der Waals surface area contributed by atoms with Crippen LogP contribution in [0.4, 0.5) is 13.2 Å². The van der Waals surface area contributed by atoms with Crippen molar-refractivity contribution in [2.45, 2.75) is 62.0 Å². The molecule has 0 bridgehead atoms. The van der Waals surface area contributed by atoms with E-state index in [1.165, 1.54) is 0 Å². The van der Waals surface area contributed by atoms with E-state index in [4.69, 9.17) is 0 Å². The maximum Gasteiger partial charge on any atom is 0.405 e. The fourth-order valence-electron chi connectivity index (χ4n) is 7.85. The summed E-state index contributed by atoms with van der Waals surface area (Å²) < 4.78 is 39.5. The van der Waals surface area contributed by atoms with Crippen molar-refractivity contribution in [1.29, 1.82) is 0 Å². The molecule has 1 saturated heterocycles. The molecular formula is C36H40F3N3O2. The lowest BCUT2D eigenvalue weighted by molar-refractivity contribution is -0.141. The Morgan fingerprint density at radius 2 is 1.32 bits per heavy atom. The number of carbonyl (C=O) groups is 2. The number of hydrogen-bond donors (Lipinski definition) is 1. The highest BCUT2D eigenvalue weighted by atomic mass is 19.4. The van der Waals surface area contributed by atoms with Gasteiger partial charge in [0.25, 0.3) is 0 Å². The van der Waals surface area contributed by atoms with Gasteiger partial charge in [0, 0.05) is 26.2 Å². The molecule has 2 fully saturated rings. The van der Waals surface area contributed by atoms with Crippen LogP contribution in [0.15, 0.2) is 78.9 Å². The van der Waals surface area contributed by atoms with Crippen molar-refractivity contribution in [1.82, 2.24) is 15.1 Å². The maximum absolute atomic E-state index is 13.9. The Labute approximate surface area is 257 Å². The summed E-state index contributed by atoms with van der Waals surface area (Å²) in [6.45, 7) is 2.43. The van der Waals surface area contributed by atoms with E-state index in [1.807, 2.05) is 71.6 Å². The number of carbonyl (C=O) groups excluding carboxylic acids is 2. The average molecular weight is 604 g/mol. The standard InChI is InChI=1S/C36H40F3N3O2/c37-36(38,39)26-40-32(43)35(30-16-6-4-14-28(30)29-15-5-7-17-31(29)35)20-10-11-21-41-22-24-42(25-23-41)33(44)34(18-8-9-19-34)27-12-2-1-3-13-27/h1-7,12-17H,8-11,18-26H2,(H,40,43). The zero-order chi connectivity index (χ0) is 30.8. The fraction of sp³-hybridized carbons (Fsp3) is 0.444. The minimum atomic E-state index is -4.49. The predicted octanol–water partition coefficient (Wildman–Crippen LogP) is 6.46. The van der Waals surface area contributed by atoms with Gasteiger partial charge in [-0.05, 0) is 60.0 Å². The molecule has 0 radical (unpaired) electrons. The average Bonchev–Trinajstić information content (AvgIpc) is 3.65. The van der Waals surface area contributed by atoms with E-state index in [0.29, 0.717) is 25.9 Å². The normalized spacial score (nSPS) is 18.9. The number of amides is 2. The molecule has 2 aliphatic carbocycles. The van der Waals surface area contributed by atoms with Crippen molar-refractivity contribution >= 4 is 11.8 Å². The fourth-order valence-corrected chi connectivity index (χ4v) is 7.85. The summed E-state index contributed by atoms with van der Waals surface area (Å²) in [5, 5.41) is 2.22. The number of halogens is 3. The van der Waals surface area contributed by atoms with Crippen LogP contribution in [0.25, 0.3) is 11.1 Å². The zero-order valence-corrected chi connectivity index (χ0v) is 25.0. The second-order valence-electron chi connectivity index (χ2n) is 12.5. The van der Waals surface area contributed by atoms with Crippen LogP contribution in [0, 0.1) is 0 Å². The van der Waals surface area contributed by atoms with Crippen molar-refractivity contribution in [3.8, 4) is 11.1 Å². The third kappa shape index (κ3) is 5.65. The van der Waals surface area contributed by atoms with Gasteiger partial charge in [-0.25, -0.2) is 0 Å². The van der Waals surface area contributed by atoms with Crippen LogP contribution >= 0.6 is 0 Å². The summed E-state index contributed by atoms with van der Waals surface area (Å²) in [7, 11) is 0. The number of alkyl halides is 3. The van der Waals surface area contributed by atoms with Crippen LogP contribution in [-0.2, 0) is 20.4 Å². The summed E-state index contributed by atoms with van der Waals surface area (Å²) in [5.41, 5.74) is 2.91. The topological polar surface area (TPSA) is 52.7 Å². The van der Waals surface area contributed by atoms with Crippen molar-refractivity contribution in [2.24, 2.45) is 0 Å². The Morgan fingerprint density at radius 3 is 1.91 bits per heavy atom. The molecule has 1 aliphatic heterocycles. The van der Waals surface area contributed by atoms with Gasteiger partial charge in [0.1, 0.15) is 12.0 Å². The first-order chi connectivity index (χ1) is 21.2. The molecule has 3 aliphatic rings. The highest BCUT2D eigenvalue weighted by molar-refractivity contribution is 6.00. The van der Waals surface area contributed by atoms with E-state index < -0.39 is 29.5 Å². The Bertz CT molecular complexity index is 1430. The third-order valence-corrected chi connectivity index (χ3v) is 10.0. The molecule has 0 spiro atoms. The Balaban J connectivity index is 1.10. The molecule has 2 amide bonds. The molecular weight excluding hydrogens is 563 g/mol. The van der Waals surface area contributed by atoms with Crippen LogP contribution in [0.3, 0.4) is 0 Å². The molecule has 8 heteroatoms. The predicted molar refractivity (Wildman–Crippen MR) is 165 cm³/mol. The van der Waals surface area contributed by atoms with Crippen LogP contribution < -0.4 is 5.32 Å². The molecule has 1 N–H and O–H groups in total. The lowest BCUT2D eigenvalue weighted by Crippen LogP contribution is -2.54. The molecule has 3 aromatic carbocycles. The van der Waals surface area contributed by atoms with Gasteiger partial charge in [-0.15, -0.1) is 0 Å². The number of benzene rings is 3.